The first kappa shape index (κ1) is 41.6. The Kier molecular flexibility index (Phi) is 12.7. The van der Waals surface area contributed by atoms with E-state index in [4.69, 9.17) is 15.2 Å². The predicted molar refractivity (Wildman–Crippen MR) is 182 cm³/mol. The number of amides is 4. The molecule has 0 saturated heterocycles. The summed E-state index contributed by atoms with van der Waals surface area (Å²) < 4.78 is 89.6. The van der Waals surface area contributed by atoms with Crippen LogP contribution in [0.25, 0.3) is 0 Å². The van der Waals surface area contributed by atoms with Crippen molar-refractivity contribution in [2.45, 2.75) is 95.4 Å². The first-order valence-electron chi connectivity index (χ1n) is 17.0. The van der Waals surface area contributed by atoms with Gasteiger partial charge in [0.15, 0.2) is 6.73 Å². The van der Waals surface area contributed by atoms with Crippen LogP contribution in [0, 0.1) is 11.8 Å². The number of fused-ring (bicyclic) bond motifs is 1. The topological polar surface area (TPSA) is 169 Å². The molecule has 2 aromatic carbocycles. The van der Waals surface area contributed by atoms with Crippen molar-refractivity contribution in [1.29, 1.82) is 0 Å². The molecule has 1 heterocycles. The standard InChI is InChI=1S/C36H41F6N5O7/c1-33(2,3)54-32(52)46-34(18-19-34)31(51)53-20-47-25-14-8-7-12-24(25)26(21-10-5-4-6-11-21)44-28(30(47)50)45-29(49)23(13-9-16-35(37,38)39)22(27(43)48)15-17-36(40,41)42/h4-8,10-12,14,22-23,28H,9,13,15-20H2,1-3H3,(H2,43,48)(H,45,49)(H,46,52). The molecule has 0 radical (unpaired) electrons. The molecular formula is C36H41F6N5O7. The quantitative estimate of drug-likeness (QED) is 0.164. The lowest BCUT2D eigenvalue weighted by molar-refractivity contribution is -0.148. The minimum absolute atomic E-state index is 0.154. The van der Waals surface area contributed by atoms with Gasteiger partial charge in [0.2, 0.25) is 18.0 Å². The maximum atomic E-state index is 14.3. The zero-order valence-electron chi connectivity index (χ0n) is 29.7. The van der Waals surface area contributed by atoms with Crippen LogP contribution in [0.4, 0.5) is 36.8 Å². The normalized spacial score (nSPS) is 17.9. The average molecular weight is 770 g/mol. The molecule has 294 valence electrons. The summed E-state index contributed by atoms with van der Waals surface area (Å²) >= 11 is 0. The number of benzodiazepines with no additional fused rings is 1. The van der Waals surface area contributed by atoms with Crippen LogP contribution in [0.15, 0.2) is 59.6 Å². The molecular weight excluding hydrogens is 728 g/mol. The van der Waals surface area contributed by atoms with Crippen LogP contribution < -0.4 is 21.3 Å². The number of halogens is 6. The molecule has 3 unspecified atom stereocenters. The number of carbonyl (C=O) groups excluding carboxylic acids is 5. The largest absolute Gasteiger partial charge is 0.444 e. The van der Waals surface area contributed by atoms with Crippen LogP contribution in [0.3, 0.4) is 0 Å². The number of aliphatic imine (C=N–C) groups is 1. The van der Waals surface area contributed by atoms with E-state index in [1.165, 1.54) is 6.07 Å². The van der Waals surface area contributed by atoms with E-state index in [0.717, 1.165) is 4.90 Å². The third kappa shape index (κ3) is 11.4. The molecule has 2 aliphatic rings. The third-order valence-corrected chi connectivity index (χ3v) is 8.64. The fourth-order valence-electron chi connectivity index (χ4n) is 5.89. The van der Waals surface area contributed by atoms with Gasteiger partial charge in [-0.15, -0.1) is 0 Å². The maximum absolute atomic E-state index is 14.3. The van der Waals surface area contributed by atoms with Crippen molar-refractivity contribution < 1.29 is 59.8 Å². The molecule has 1 fully saturated rings. The monoisotopic (exact) mass is 769 g/mol. The number of alkyl halides is 6. The summed E-state index contributed by atoms with van der Waals surface area (Å²) in [5, 5.41) is 4.83. The van der Waals surface area contributed by atoms with Gasteiger partial charge in [-0.3, -0.25) is 19.3 Å². The summed E-state index contributed by atoms with van der Waals surface area (Å²) in [5.41, 5.74) is 4.21. The number of rotatable bonds is 14. The van der Waals surface area contributed by atoms with E-state index in [-0.39, 0.29) is 24.2 Å². The van der Waals surface area contributed by atoms with E-state index in [9.17, 15) is 50.3 Å². The van der Waals surface area contributed by atoms with Gasteiger partial charge >= 0.3 is 24.4 Å². The Morgan fingerprint density at radius 1 is 0.907 bits per heavy atom. The third-order valence-electron chi connectivity index (χ3n) is 8.64. The highest BCUT2D eigenvalue weighted by atomic mass is 19.4. The molecule has 12 nitrogen and oxygen atoms in total. The Hall–Kier alpha value is -5.16. The molecule has 0 spiro atoms. The number of nitrogens with two attached hydrogens (primary N) is 1. The number of esters is 1. The Balaban J connectivity index is 1.69. The van der Waals surface area contributed by atoms with Crippen LogP contribution in [0.2, 0.25) is 0 Å². The van der Waals surface area contributed by atoms with Gasteiger partial charge < -0.3 is 25.8 Å². The summed E-state index contributed by atoms with van der Waals surface area (Å²) in [4.78, 5) is 71.8. The van der Waals surface area contributed by atoms with Crippen LogP contribution in [0.5, 0.6) is 0 Å². The number of hydrogen-bond acceptors (Lipinski definition) is 8. The second kappa shape index (κ2) is 16.5. The number of benzene rings is 2. The minimum Gasteiger partial charge on any atom is -0.444 e. The molecule has 4 amide bonds. The van der Waals surface area contributed by atoms with Gasteiger partial charge in [-0.25, -0.2) is 14.6 Å². The molecule has 1 aliphatic heterocycles. The van der Waals surface area contributed by atoms with Crippen LogP contribution in [0.1, 0.15) is 76.8 Å². The number of primary amides is 1. The van der Waals surface area contributed by atoms with E-state index in [1.54, 1.807) is 69.3 Å². The molecule has 0 bridgehead atoms. The zero-order chi connectivity index (χ0) is 40.1. The molecule has 1 aliphatic carbocycles. The number of hydrogen-bond donors (Lipinski definition) is 3. The van der Waals surface area contributed by atoms with E-state index in [1.807, 2.05) is 0 Å². The number of carbonyl (C=O) groups is 5. The molecule has 54 heavy (non-hydrogen) atoms. The predicted octanol–water partition coefficient (Wildman–Crippen LogP) is 5.66. The first-order chi connectivity index (χ1) is 25.1. The van der Waals surface area contributed by atoms with Crippen molar-refractivity contribution in [3.8, 4) is 0 Å². The van der Waals surface area contributed by atoms with E-state index in [2.05, 4.69) is 15.6 Å². The molecule has 3 atom stereocenters. The van der Waals surface area contributed by atoms with Crippen LogP contribution in [-0.4, -0.2) is 71.9 Å². The van der Waals surface area contributed by atoms with Gasteiger partial charge in [0, 0.05) is 35.8 Å². The molecule has 1 saturated carbocycles. The molecule has 18 heteroatoms. The fourth-order valence-corrected chi connectivity index (χ4v) is 5.89. The minimum atomic E-state index is -4.78. The van der Waals surface area contributed by atoms with Gasteiger partial charge in [-0.1, -0.05) is 48.5 Å². The van der Waals surface area contributed by atoms with E-state index in [0.29, 0.717) is 11.1 Å². The van der Waals surface area contributed by atoms with Crippen molar-refractivity contribution in [2.75, 3.05) is 11.6 Å². The Morgan fingerprint density at radius 3 is 2.09 bits per heavy atom. The van der Waals surface area contributed by atoms with E-state index >= 15 is 0 Å². The smallest absolute Gasteiger partial charge is 0.408 e. The van der Waals surface area contributed by atoms with Crippen LogP contribution in [-0.2, 0) is 28.7 Å². The lowest BCUT2D eigenvalue weighted by Crippen LogP contribution is -2.52. The Morgan fingerprint density at radius 2 is 1.52 bits per heavy atom. The molecule has 4 N–H and O–H groups in total. The number of nitrogens with one attached hydrogen (secondary N) is 2. The number of alkyl carbamates (subject to hydrolysis) is 1. The fraction of sp³-hybridized carbons (Fsp3) is 0.500. The Labute approximate surface area is 306 Å². The van der Waals surface area contributed by atoms with Crippen molar-refractivity contribution in [2.24, 2.45) is 22.6 Å². The molecule has 0 aromatic heterocycles. The summed E-state index contributed by atoms with van der Waals surface area (Å²) in [6.07, 6.45) is -17.2. The molecule has 2 aromatic rings. The van der Waals surface area contributed by atoms with Gasteiger partial charge in [0.05, 0.1) is 11.4 Å². The van der Waals surface area contributed by atoms with Crippen molar-refractivity contribution in [3.63, 3.8) is 0 Å². The average Bonchev–Trinajstić information content (AvgIpc) is 3.85. The highest BCUT2D eigenvalue weighted by molar-refractivity contribution is 6.20. The SMILES string of the molecule is CC(C)(C)OC(=O)NC1(C(=O)OCN2C(=O)C(NC(=O)C(CCCC(F)(F)F)C(CCC(F)(F)F)C(N)=O)N=C(c3ccccc3)c3ccccc32)CC1. The lowest BCUT2D eigenvalue weighted by Gasteiger charge is -2.28. The van der Waals surface area contributed by atoms with Gasteiger partial charge in [0.1, 0.15) is 11.1 Å². The van der Waals surface area contributed by atoms with Crippen molar-refractivity contribution in [1.82, 2.24) is 10.6 Å². The summed E-state index contributed by atoms with van der Waals surface area (Å²) in [5.74, 6) is -8.13. The highest BCUT2D eigenvalue weighted by Crippen LogP contribution is 2.38. The molecule has 4 rings (SSSR count). The summed E-state index contributed by atoms with van der Waals surface area (Å²) in [6, 6.07) is 14.6. The lowest BCUT2D eigenvalue weighted by atomic mass is 9.83. The second-order valence-electron chi connectivity index (χ2n) is 14.1. The second-order valence-corrected chi connectivity index (χ2v) is 14.1. The number of anilines is 1. The number of ether oxygens (including phenoxy) is 2. The van der Waals surface area contributed by atoms with Gasteiger partial charge in [-0.2, -0.15) is 26.3 Å². The van der Waals surface area contributed by atoms with Crippen molar-refractivity contribution in [3.05, 3.63) is 65.7 Å². The summed E-state index contributed by atoms with van der Waals surface area (Å²) in [7, 11) is 0. The van der Waals surface area contributed by atoms with Crippen LogP contribution >= 0.6 is 0 Å². The highest BCUT2D eigenvalue weighted by Gasteiger charge is 2.54. The maximum Gasteiger partial charge on any atom is 0.408 e. The van der Waals surface area contributed by atoms with Gasteiger partial charge in [0.25, 0.3) is 5.91 Å². The van der Waals surface area contributed by atoms with Crippen molar-refractivity contribution >= 4 is 41.2 Å². The summed E-state index contributed by atoms with van der Waals surface area (Å²) in [6.45, 7) is 4.14. The van der Waals surface area contributed by atoms with Gasteiger partial charge in [-0.05, 0) is 58.9 Å². The zero-order valence-corrected chi connectivity index (χ0v) is 29.7. The first-order valence-corrected chi connectivity index (χ1v) is 17.0. The number of para-hydroxylation sites is 1. The Bertz CT molecular complexity index is 1740. The van der Waals surface area contributed by atoms with E-state index < -0.39 is 110 Å². The number of nitrogens with zero attached hydrogens (tertiary/aromatic N) is 2.